The van der Waals surface area contributed by atoms with Gasteiger partial charge in [0.1, 0.15) is 17.6 Å². The summed E-state index contributed by atoms with van der Waals surface area (Å²) < 4.78 is 10.5. The number of hydrogen-bond donors (Lipinski definition) is 2. The Labute approximate surface area is 107 Å². The van der Waals surface area contributed by atoms with E-state index in [0.29, 0.717) is 29.9 Å². The number of aliphatic hydroxyl groups excluding tert-OH is 1. The third-order valence-corrected chi connectivity index (χ3v) is 3.72. The largest absolute Gasteiger partial charge is 0.496 e. The summed E-state index contributed by atoms with van der Waals surface area (Å²) in [5.41, 5.74) is -0.533. The van der Waals surface area contributed by atoms with E-state index >= 15 is 0 Å². The zero-order valence-corrected chi connectivity index (χ0v) is 10.8. The van der Waals surface area contributed by atoms with Gasteiger partial charge in [0.15, 0.2) is 0 Å². The van der Waals surface area contributed by atoms with Gasteiger partial charge in [0.05, 0.1) is 25.4 Å². The Balaban J connectivity index is 2.42. The molecule has 1 fully saturated rings. The maximum absolute atomic E-state index is 10.5. The highest BCUT2D eigenvalue weighted by molar-refractivity contribution is 5.47. The normalized spacial score (nSPS) is 19.6. The van der Waals surface area contributed by atoms with Crippen molar-refractivity contribution < 1.29 is 19.7 Å². The zero-order valence-electron chi connectivity index (χ0n) is 10.8. The van der Waals surface area contributed by atoms with E-state index < -0.39 is 11.7 Å². The predicted octanol–water partition coefficient (Wildman–Crippen LogP) is 2.04. The summed E-state index contributed by atoms with van der Waals surface area (Å²) in [5, 5.41) is 21.0. The highest BCUT2D eigenvalue weighted by Crippen LogP contribution is 2.45. The molecule has 0 aliphatic heterocycles. The van der Waals surface area contributed by atoms with Crippen molar-refractivity contribution in [1.82, 2.24) is 0 Å². The van der Waals surface area contributed by atoms with Gasteiger partial charge in [-0.2, -0.15) is 0 Å². The van der Waals surface area contributed by atoms with Gasteiger partial charge in [0.25, 0.3) is 0 Å². The lowest BCUT2D eigenvalue weighted by Crippen LogP contribution is -2.33. The molecular formula is C14H20O4. The summed E-state index contributed by atoms with van der Waals surface area (Å²) >= 11 is 0. The molecule has 0 heterocycles. The van der Waals surface area contributed by atoms with Gasteiger partial charge in [-0.05, 0) is 25.0 Å². The molecule has 0 spiro atoms. The molecule has 1 unspecified atom stereocenters. The summed E-state index contributed by atoms with van der Waals surface area (Å²) in [6, 6.07) is 5.32. The average Bonchev–Trinajstić information content (AvgIpc) is 2.85. The number of aliphatic hydroxyl groups is 2. The second-order valence-corrected chi connectivity index (χ2v) is 4.79. The third-order valence-electron chi connectivity index (χ3n) is 3.72. The first-order valence-electron chi connectivity index (χ1n) is 6.24. The molecule has 0 radical (unpaired) electrons. The van der Waals surface area contributed by atoms with Crippen LogP contribution in [0.15, 0.2) is 18.2 Å². The molecule has 2 N–H and O–H groups in total. The molecule has 1 aliphatic rings. The summed E-state index contributed by atoms with van der Waals surface area (Å²) in [7, 11) is 3.09. The van der Waals surface area contributed by atoms with Gasteiger partial charge < -0.3 is 19.7 Å². The molecule has 1 atom stereocenters. The minimum atomic E-state index is -1.07. The van der Waals surface area contributed by atoms with Crippen LogP contribution >= 0.6 is 0 Å². The van der Waals surface area contributed by atoms with E-state index in [1.54, 1.807) is 32.4 Å². The Hall–Kier alpha value is -1.26. The molecule has 1 aromatic carbocycles. The van der Waals surface area contributed by atoms with Gasteiger partial charge in [-0.3, -0.25) is 0 Å². The molecule has 0 bridgehead atoms. The van der Waals surface area contributed by atoms with E-state index in [1.165, 1.54) is 0 Å². The van der Waals surface area contributed by atoms with Crippen LogP contribution in [0.2, 0.25) is 0 Å². The molecule has 2 rings (SSSR count). The maximum atomic E-state index is 10.5. The fourth-order valence-electron chi connectivity index (χ4n) is 2.68. The topological polar surface area (TPSA) is 58.9 Å². The van der Waals surface area contributed by atoms with Gasteiger partial charge in [-0.25, -0.2) is 0 Å². The van der Waals surface area contributed by atoms with E-state index in [2.05, 4.69) is 0 Å². The standard InChI is InChI=1S/C14H20O4/c1-17-10-6-5-7-11(18-2)12(10)13(15)14(16)8-3-4-9-14/h5-7,13,15-16H,3-4,8-9H2,1-2H3. The van der Waals surface area contributed by atoms with E-state index in [-0.39, 0.29) is 0 Å². The van der Waals surface area contributed by atoms with Crippen LogP contribution in [0.3, 0.4) is 0 Å². The molecule has 0 aromatic heterocycles. The van der Waals surface area contributed by atoms with Gasteiger partial charge >= 0.3 is 0 Å². The van der Waals surface area contributed by atoms with Crippen molar-refractivity contribution in [2.75, 3.05) is 14.2 Å². The summed E-state index contributed by atoms with van der Waals surface area (Å²) in [4.78, 5) is 0. The fourth-order valence-corrected chi connectivity index (χ4v) is 2.68. The van der Waals surface area contributed by atoms with Crippen molar-refractivity contribution in [2.24, 2.45) is 0 Å². The highest BCUT2D eigenvalue weighted by Gasteiger charge is 2.41. The van der Waals surface area contributed by atoms with Crippen LogP contribution in [0, 0.1) is 0 Å². The zero-order chi connectivity index (χ0) is 13.2. The lowest BCUT2D eigenvalue weighted by molar-refractivity contribution is -0.0735. The van der Waals surface area contributed by atoms with Crippen LogP contribution in [0.5, 0.6) is 11.5 Å². The molecule has 1 aromatic rings. The van der Waals surface area contributed by atoms with Gasteiger partial charge in [0.2, 0.25) is 0 Å². The second kappa shape index (κ2) is 5.16. The second-order valence-electron chi connectivity index (χ2n) is 4.79. The SMILES string of the molecule is COc1cccc(OC)c1C(O)C1(O)CCCC1. The number of benzene rings is 1. The summed E-state index contributed by atoms with van der Waals surface area (Å²) in [6.45, 7) is 0. The lowest BCUT2D eigenvalue weighted by Gasteiger charge is -2.30. The van der Waals surface area contributed by atoms with Gasteiger partial charge in [-0.1, -0.05) is 18.9 Å². The molecule has 4 heteroatoms. The Kier molecular flexibility index (Phi) is 3.78. The monoisotopic (exact) mass is 252 g/mol. The minimum absolute atomic E-state index is 0.534. The quantitative estimate of drug-likeness (QED) is 0.861. The molecule has 0 saturated heterocycles. The van der Waals surface area contributed by atoms with Crippen LogP contribution in [-0.2, 0) is 0 Å². The molecule has 0 amide bonds. The number of methoxy groups -OCH3 is 2. The molecular weight excluding hydrogens is 232 g/mol. The van der Waals surface area contributed by atoms with E-state index in [1.807, 2.05) is 0 Å². The molecule has 1 saturated carbocycles. The van der Waals surface area contributed by atoms with E-state index in [9.17, 15) is 10.2 Å². The molecule has 100 valence electrons. The van der Waals surface area contributed by atoms with Crippen LogP contribution in [0.1, 0.15) is 37.4 Å². The van der Waals surface area contributed by atoms with Crippen LogP contribution in [0.4, 0.5) is 0 Å². The van der Waals surface area contributed by atoms with Crippen LogP contribution in [0.25, 0.3) is 0 Å². The maximum Gasteiger partial charge on any atom is 0.128 e. The van der Waals surface area contributed by atoms with Crippen molar-refractivity contribution in [3.05, 3.63) is 23.8 Å². The number of rotatable bonds is 4. The first-order valence-corrected chi connectivity index (χ1v) is 6.24. The van der Waals surface area contributed by atoms with E-state index in [4.69, 9.17) is 9.47 Å². The van der Waals surface area contributed by atoms with Gasteiger partial charge in [-0.15, -0.1) is 0 Å². The third kappa shape index (κ3) is 2.18. The smallest absolute Gasteiger partial charge is 0.128 e. The number of hydrogen-bond acceptors (Lipinski definition) is 4. The van der Waals surface area contributed by atoms with Crippen molar-refractivity contribution in [3.63, 3.8) is 0 Å². The van der Waals surface area contributed by atoms with Crippen molar-refractivity contribution >= 4 is 0 Å². The first-order chi connectivity index (χ1) is 8.62. The van der Waals surface area contributed by atoms with Crippen LogP contribution < -0.4 is 9.47 Å². The van der Waals surface area contributed by atoms with Crippen molar-refractivity contribution in [3.8, 4) is 11.5 Å². The van der Waals surface area contributed by atoms with Crippen molar-refractivity contribution in [1.29, 1.82) is 0 Å². The summed E-state index contributed by atoms with van der Waals surface area (Å²) in [6.07, 6.45) is 2.10. The van der Waals surface area contributed by atoms with Crippen LogP contribution in [-0.4, -0.2) is 30.0 Å². The Morgan fingerprint density at radius 3 is 2.06 bits per heavy atom. The van der Waals surface area contributed by atoms with Gasteiger partial charge in [0, 0.05) is 0 Å². The van der Waals surface area contributed by atoms with E-state index in [0.717, 1.165) is 12.8 Å². The molecule has 1 aliphatic carbocycles. The summed E-state index contributed by atoms with van der Waals surface area (Å²) in [5.74, 6) is 1.09. The first kappa shape index (κ1) is 13.2. The number of ether oxygens (including phenoxy) is 2. The minimum Gasteiger partial charge on any atom is -0.496 e. The fraction of sp³-hybridized carbons (Fsp3) is 0.571. The average molecular weight is 252 g/mol. The Morgan fingerprint density at radius 1 is 1.11 bits per heavy atom. The van der Waals surface area contributed by atoms with Crippen molar-refractivity contribution in [2.45, 2.75) is 37.4 Å². The molecule has 4 nitrogen and oxygen atoms in total. The Morgan fingerprint density at radius 2 is 1.61 bits per heavy atom. The lowest BCUT2D eigenvalue weighted by atomic mass is 9.88. The highest BCUT2D eigenvalue weighted by atomic mass is 16.5. The predicted molar refractivity (Wildman–Crippen MR) is 67.9 cm³/mol. The Bertz CT molecular complexity index is 388. The molecule has 18 heavy (non-hydrogen) atoms.